The summed E-state index contributed by atoms with van der Waals surface area (Å²) in [6.07, 6.45) is 6.22. The van der Waals surface area contributed by atoms with E-state index in [2.05, 4.69) is 25.9 Å². The largest absolute Gasteiger partial charge is 0.481 e. The molecule has 1 aromatic heterocycles. The minimum absolute atomic E-state index is 0.0640. The average molecular weight is 749 g/mol. The number of aromatic nitrogens is 2. The van der Waals surface area contributed by atoms with Gasteiger partial charge in [0.25, 0.3) is 0 Å². The number of carboxylic acid groups (broad SMARTS) is 3. The van der Waals surface area contributed by atoms with E-state index in [1.54, 1.807) is 44.3 Å². The zero-order valence-electron chi connectivity index (χ0n) is 28.1. The number of nitrogens with zero attached hydrogens (tertiary/aromatic N) is 2. The maximum Gasteiger partial charge on any atom is 0.327 e. The predicted octanol–water partition coefficient (Wildman–Crippen LogP) is 0.479. The van der Waals surface area contributed by atoms with Gasteiger partial charge in [-0.1, -0.05) is 36.8 Å². The number of carboxylic acids is 3. The molecule has 0 radical (unpaired) electrons. The number of fused-ring (bicyclic) bond motifs is 2. The average Bonchev–Trinajstić information content (AvgIpc) is 3.86. The number of aromatic amines is 1. The van der Waals surface area contributed by atoms with Crippen LogP contribution in [0.15, 0.2) is 42.9 Å². The molecule has 0 saturated carbocycles. The van der Waals surface area contributed by atoms with Crippen LogP contribution >= 0.6 is 23.5 Å². The number of rotatable bonds is 12. The molecule has 4 fully saturated rings. The number of β-lactam (4-membered cyclic amide) rings is 1. The number of unbranched alkanes of at least 4 members (excludes halogenated alkanes) is 1. The van der Waals surface area contributed by atoms with Crippen molar-refractivity contribution in [3.8, 4) is 0 Å². The van der Waals surface area contributed by atoms with Crippen molar-refractivity contribution in [2.75, 3.05) is 5.75 Å². The second-order valence-corrected chi connectivity index (χ2v) is 16.0. The molecule has 17 nitrogen and oxygen atoms in total. The summed E-state index contributed by atoms with van der Waals surface area (Å²) in [7, 11) is 0. The predicted molar refractivity (Wildman–Crippen MR) is 189 cm³/mol. The van der Waals surface area contributed by atoms with Gasteiger partial charge in [-0.15, -0.1) is 11.8 Å². The highest BCUT2D eigenvalue weighted by atomic mass is 32.2. The fraction of sp³-hybridized carbons (Fsp3) is 0.531. The van der Waals surface area contributed by atoms with Gasteiger partial charge in [-0.05, 0) is 32.3 Å². The molecular weight excluding hydrogens is 705 g/mol. The van der Waals surface area contributed by atoms with Gasteiger partial charge >= 0.3 is 23.9 Å². The number of hydrogen-bond donors (Lipinski definition) is 9. The first kappa shape index (κ1) is 39.5. The van der Waals surface area contributed by atoms with E-state index in [-0.39, 0.29) is 42.2 Å². The van der Waals surface area contributed by atoms with Crippen LogP contribution in [0.4, 0.5) is 4.79 Å². The summed E-state index contributed by atoms with van der Waals surface area (Å²) in [5.41, 5.74) is 12.6. The lowest BCUT2D eigenvalue weighted by molar-refractivity contribution is -0.161. The summed E-state index contributed by atoms with van der Waals surface area (Å²) in [5.74, 6) is -2.62. The third kappa shape index (κ3) is 9.93. The first-order valence-corrected chi connectivity index (χ1v) is 18.2. The van der Waals surface area contributed by atoms with Gasteiger partial charge in [0.15, 0.2) is 0 Å². The van der Waals surface area contributed by atoms with Crippen LogP contribution in [0.3, 0.4) is 0 Å². The van der Waals surface area contributed by atoms with Gasteiger partial charge in [0.05, 0.1) is 18.4 Å². The smallest absolute Gasteiger partial charge is 0.327 e. The molecule has 19 heteroatoms. The van der Waals surface area contributed by atoms with Crippen LogP contribution in [0.25, 0.3) is 0 Å². The van der Waals surface area contributed by atoms with Crippen LogP contribution in [0, 0.1) is 0 Å². The Hall–Kier alpha value is -4.33. The molecule has 8 atom stereocenters. The number of nitrogens with one attached hydrogen (secondary N) is 4. The van der Waals surface area contributed by atoms with Crippen molar-refractivity contribution >= 4 is 59.3 Å². The lowest BCUT2D eigenvalue weighted by Crippen LogP contribution is -2.71. The third-order valence-corrected chi connectivity index (χ3v) is 11.9. The molecule has 2 aromatic rings. The Morgan fingerprint density at radius 3 is 2.39 bits per heavy atom. The fourth-order valence-electron chi connectivity index (χ4n) is 6.19. The number of amides is 4. The Morgan fingerprint density at radius 1 is 1.08 bits per heavy atom. The van der Waals surface area contributed by atoms with Crippen molar-refractivity contribution in [2.24, 2.45) is 11.5 Å². The van der Waals surface area contributed by atoms with Crippen molar-refractivity contribution < 1.29 is 44.1 Å². The molecule has 4 aliphatic heterocycles. The molecule has 0 spiro atoms. The molecule has 4 aliphatic rings. The van der Waals surface area contributed by atoms with Gasteiger partial charge in [0.1, 0.15) is 29.5 Å². The molecule has 0 unspecified atom stereocenters. The number of carbonyl (C=O) groups is 6. The molecule has 4 amide bonds. The number of aliphatic carboxylic acids is 3. The maximum atomic E-state index is 12.3. The van der Waals surface area contributed by atoms with E-state index >= 15 is 0 Å². The number of carbonyl (C=O) groups excluding carboxylic acids is 3. The monoisotopic (exact) mass is 748 g/mol. The molecule has 278 valence electrons. The molecule has 0 aliphatic carbocycles. The molecule has 11 N–H and O–H groups in total. The van der Waals surface area contributed by atoms with Crippen molar-refractivity contribution in [3.05, 3.63) is 54.1 Å². The maximum absolute atomic E-state index is 12.3. The normalized spacial score (nSPS) is 26.3. The minimum atomic E-state index is -1.03. The van der Waals surface area contributed by atoms with E-state index in [0.717, 1.165) is 30.7 Å². The van der Waals surface area contributed by atoms with Crippen molar-refractivity contribution in [2.45, 2.75) is 97.6 Å². The zero-order valence-corrected chi connectivity index (χ0v) is 29.7. The van der Waals surface area contributed by atoms with Crippen molar-refractivity contribution in [1.29, 1.82) is 0 Å². The van der Waals surface area contributed by atoms with Crippen LogP contribution in [0.2, 0.25) is 0 Å². The number of nitrogens with two attached hydrogens (primary N) is 2. The lowest BCUT2D eigenvalue weighted by atomic mass is 9.95. The second kappa shape index (κ2) is 17.3. The third-order valence-electron chi connectivity index (χ3n) is 8.79. The summed E-state index contributed by atoms with van der Waals surface area (Å²) < 4.78 is -0.618. The molecular formula is C32H44N8O9S2. The summed E-state index contributed by atoms with van der Waals surface area (Å²) >= 11 is 3.25. The molecule has 6 rings (SSSR count). The van der Waals surface area contributed by atoms with Gasteiger partial charge in [0, 0.05) is 40.5 Å². The Morgan fingerprint density at radius 2 is 1.78 bits per heavy atom. The van der Waals surface area contributed by atoms with Crippen LogP contribution < -0.4 is 27.4 Å². The Kier molecular flexibility index (Phi) is 13.4. The zero-order chi connectivity index (χ0) is 37.5. The first-order valence-electron chi connectivity index (χ1n) is 16.3. The van der Waals surface area contributed by atoms with Crippen molar-refractivity contribution in [1.82, 2.24) is 30.8 Å². The van der Waals surface area contributed by atoms with E-state index in [4.69, 9.17) is 21.7 Å². The van der Waals surface area contributed by atoms with Crippen LogP contribution in [0.5, 0.6) is 0 Å². The van der Waals surface area contributed by atoms with Gasteiger partial charge in [-0.2, -0.15) is 11.8 Å². The highest BCUT2D eigenvalue weighted by Crippen LogP contribution is 2.50. The van der Waals surface area contributed by atoms with Gasteiger partial charge in [-0.3, -0.25) is 19.2 Å². The molecule has 4 saturated heterocycles. The van der Waals surface area contributed by atoms with E-state index in [9.17, 15) is 33.9 Å². The molecule has 0 bridgehead atoms. The Balaban J connectivity index is 0.000000186. The van der Waals surface area contributed by atoms with Gasteiger partial charge in [-0.25, -0.2) is 14.6 Å². The van der Waals surface area contributed by atoms with Crippen LogP contribution in [-0.4, -0.2) is 117 Å². The second-order valence-electron chi connectivity index (χ2n) is 13.0. The lowest BCUT2D eigenvalue weighted by Gasteiger charge is -2.43. The summed E-state index contributed by atoms with van der Waals surface area (Å²) in [6.45, 7) is 3.58. The van der Waals surface area contributed by atoms with E-state index < -0.39 is 52.7 Å². The van der Waals surface area contributed by atoms with Crippen LogP contribution in [0.1, 0.15) is 56.8 Å². The number of imidazole rings is 1. The summed E-state index contributed by atoms with van der Waals surface area (Å²) in [6, 6.07) is 5.96. The van der Waals surface area contributed by atoms with Crippen LogP contribution in [-0.2, 0) is 30.4 Å². The van der Waals surface area contributed by atoms with E-state index in [0.29, 0.717) is 10.8 Å². The highest BCUT2D eigenvalue weighted by molar-refractivity contribution is 8.01. The number of benzene rings is 1. The number of H-pyrrole nitrogens is 1. The number of thioether (sulfide) groups is 2. The molecule has 5 heterocycles. The highest BCUT2D eigenvalue weighted by Gasteiger charge is 2.64. The fourth-order valence-corrected chi connectivity index (χ4v) is 9.35. The van der Waals surface area contributed by atoms with E-state index in [1.807, 2.05) is 17.8 Å². The SMILES string of the molecule is CC1(C)S[C@@H]2[C@H](NC(=O)[C@H](N)c3ccccc3)C(=O)N2[C@H]1C(=O)O.N[C@@H](Cc1cnc[nH]1)C(=O)O.O=C(O)CCCC[C@@H]1SC[C@@H]2NC(=O)N[C@@H]21. The standard InChI is InChI=1S/C16H19N3O4S.C10H16N2O3S.C6H9N3O2/c1-16(2)11(15(22)23)19-13(21)10(14(19)24-16)18-12(20)9(17)8-6-4-3-5-7-8;13-8(14)4-2-1-3-7-9-6(5-16-7)11-10(15)12-9;7-5(6(10)11)1-4-2-8-3-9-4/h3-7,9-11,14H,17H2,1-2H3,(H,18,20)(H,22,23);6-7,9H,1-5H2,(H,13,14)(H2,11,12,15);2-3,5H,1,7H2,(H,8,9)(H,10,11)/t9-,10-,11+,14-;6-,7-,9-;5-/m100/s1. The topological polar surface area (TPSA) is 283 Å². The quantitative estimate of drug-likeness (QED) is 0.0811. The van der Waals surface area contributed by atoms with Gasteiger partial charge in [0.2, 0.25) is 11.8 Å². The number of hydrogen-bond acceptors (Lipinski definition) is 11. The Bertz CT molecular complexity index is 1560. The summed E-state index contributed by atoms with van der Waals surface area (Å²) in [4.78, 5) is 75.7. The number of urea groups is 1. The van der Waals surface area contributed by atoms with Gasteiger partial charge < -0.3 is 52.6 Å². The minimum Gasteiger partial charge on any atom is -0.481 e. The van der Waals surface area contributed by atoms with Crippen molar-refractivity contribution in [3.63, 3.8) is 0 Å². The van der Waals surface area contributed by atoms with E-state index in [1.165, 1.54) is 23.0 Å². The summed E-state index contributed by atoms with van der Waals surface area (Å²) in [5, 5.41) is 34.9. The molecule has 51 heavy (non-hydrogen) atoms. The first-order chi connectivity index (χ1) is 24.1. The Labute approximate surface area is 302 Å². The molecule has 1 aromatic carbocycles.